The zero-order valence-electron chi connectivity index (χ0n) is 17.1. The first kappa shape index (κ1) is 19.8. The summed E-state index contributed by atoms with van der Waals surface area (Å²) in [6.45, 7) is 0. The quantitative estimate of drug-likeness (QED) is 0.531. The van der Waals surface area contributed by atoms with E-state index >= 15 is 0 Å². The van der Waals surface area contributed by atoms with E-state index in [0.29, 0.717) is 12.2 Å². The summed E-state index contributed by atoms with van der Waals surface area (Å²) < 4.78 is 16.3. The molecule has 0 saturated heterocycles. The van der Waals surface area contributed by atoms with Crippen LogP contribution in [0.25, 0.3) is 5.76 Å². The third-order valence-corrected chi connectivity index (χ3v) is 5.45. The van der Waals surface area contributed by atoms with Crippen LogP contribution in [0.1, 0.15) is 22.6 Å². The van der Waals surface area contributed by atoms with Gasteiger partial charge in [-0.3, -0.25) is 4.79 Å². The van der Waals surface area contributed by atoms with Crippen molar-refractivity contribution < 1.29 is 19.0 Å². The lowest BCUT2D eigenvalue weighted by Gasteiger charge is -2.29. The van der Waals surface area contributed by atoms with Gasteiger partial charge in [0.25, 0.3) is 0 Å². The Balaban J connectivity index is 1.68. The number of carbonyl (C=O) groups excluding carboxylic acids is 1. The van der Waals surface area contributed by atoms with Crippen LogP contribution in [0.3, 0.4) is 0 Å². The summed E-state index contributed by atoms with van der Waals surface area (Å²) in [6, 6.07) is 25.5. The average Bonchev–Trinajstić information content (AvgIpc) is 2.81. The van der Waals surface area contributed by atoms with E-state index in [9.17, 15) is 4.79 Å². The second-order valence-corrected chi connectivity index (χ2v) is 7.28. The fourth-order valence-electron chi connectivity index (χ4n) is 3.78. The van der Waals surface area contributed by atoms with Crippen LogP contribution in [0.15, 0.2) is 84.9 Å². The Morgan fingerprint density at radius 2 is 1.40 bits per heavy atom. The van der Waals surface area contributed by atoms with Gasteiger partial charge in [0.15, 0.2) is 0 Å². The van der Waals surface area contributed by atoms with Gasteiger partial charge in [0.1, 0.15) is 17.3 Å². The first-order chi connectivity index (χ1) is 14.7. The van der Waals surface area contributed by atoms with Crippen LogP contribution in [0.4, 0.5) is 0 Å². The molecule has 0 fully saturated rings. The maximum Gasteiger partial charge on any atom is 0.315 e. The van der Waals surface area contributed by atoms with E-state index in [1.54, 1.807) is 14.2 Å². The molecule has 3 aromatic carbocycles. The monoisotopic (exact) mass is 400 g/mol. The van der Waals surface area contributed by atoms with Crippen LogP contribution < -0.4 is 9.47 Å². The molecule has 1 heterocycles. The first-order valence-corrected chi connectivity index (χ1v) is 9.94. The van der Waals surface area contributed by atoms with E-state index in [-0.39, 0.29) is 17.8 Å². The van der Waals surface area contributed by atoms with Gasteiger partial charge in [-0.15, -0.1) is 0 Å². The molecule has 0 aliphatic carbocycles. The van der Waals surface area contributed by atoms with Gasteiger partial charge in [-0.25, -0.2) is 0 Å². The summed E-state index contributed by atoms with van der Waals surface area (Å²) in [6.07, 6.45) is 2.65. The third-order valence-electron chi connectivity index (χ3n) is 5.45. The van der Waals surface area contributed by atoms with Gasteiger partial charge in [0.05, 0.1) is 20.1 Å². The van der Waals surface area contributed by atoms with Gasteiger partial charge in [0.2, 0.25) is 0 Å². The number of hydrogen-bond acceptors (Lipinski definition) is 4. The van der Waals surface area contributed by atoms with Crippen LogP contribution >= 0.6 is 0 Å². The number of cyclic esters (lactones) is 1. The highest BCUT2D eigenvalue weighted by Crippen LogP contribution is 2.38. The standard InChI is InChI=1S/C26H24O4/c1-28-21-12-8-18(9-13-21)16-24-23(19-6-4-3-5-7-19)17-25(30-26(24)27)20-10-14-22(29-2)15-11-20/h3-15,17,23-24H,16H2,1-2H3/t23-,24+/m1/s1. The Labute approximate surface area is 176 Å². The molecule has 152 valence electrons. The lowest BCUT2D eigenvalue weighted by atomic mass is 9.80. The highest BCUT2D eigenvalue weighted by Gasteiger charge is 2.35. The van der Waals surface area contributed by atoms with Crippen molar-refractivity contribution in [3.8, 4) is 11.5 Å². The molecule has 0 unspecified atom stereocenters. The van der Waals surface area contributed by atoms with Gasteiger partial charge in [-0.05, 0) is 60.0 Å². The van der Waals surface area contributed by atoms with Crippen molar-refractivity contribution in [3.63, 3.8) is 0 Å². The maximum absolute atomic E-state index is 13.1. The number of methoxy groups -OCH3 is 2. The molecule has 0 bridgehead atoms. The molecule has 0 radical (unpaired) electrons. The molecule has 1 aliphatic heterocycles. The number of carbonyl (C=O) groups is 1. The predicted octanol–water partition coefficient (Wildman–Crippen LogP) is 5.24. The number of allylic oxidation sites excluding steroid dienone is 1. The van der Waals surface area contributed by atoms with Crippen molar-refractivity contribution in [2.24, 2.45) is 5.92 Å². The van der Waals surface area contributed by atoms with Crippen LogP contribution in [0.5, 0.6) is 11.5 Å². The molecular weight excluding hydrogens is 376 g/mol. The average molecular weight is 400 g/mol. The van der Waals surface area contributed by atoms with E-state index in [0.717, 1.165) is 28.2 Å². The molecule has 0 saturated carbocycles. The third kappa shape index (κ3) is 4.23. The summed E-state index contributed by atoms with van der Waals surface area (Å²) in [7, 11) is 3.27. The molecule has 3 aromatic rings. The Morgan fingerprint density at radius 1 is 0.800 bits per heavy atom. The highest BCUT2D eigenvalue weighted by molar-refractivity contribution is 5.84. The normalized spacial score (nSPS) is 18.3. The summed E-state index contributed by atoms with van der Waals surface area (Å²) in [5.74, 6) is 1.55. The van der Waals surface area contributed by atoms with Crippen molar-refractivity contribution in [1.29, 1.82) is 0 Å². The topological polar surface area (TPSA) is 44.8 Å². The summed E-state index contributed by atoms with van der Waals surface area (Å²) in [5, 5.41) is 0. The number of esters is 1. The fraction of sp³-hybridized carbons (Fsp3) is 0.192. The summed E-state index contributed by atoms with van der Waals surface area (Å²) in [5.41, 5.74) is 3.02. The number of hydrogen-bond donors (Lipinski definition) is 0. The van der Waals surface area contributed by atoms with E-state index < -0.39 is 0 Å². The van der Waals surface area contributed by atoms with E-state index in [4.69, 9.17) is 14.2 Å². The molecule has 4 heteroatoms. The van der Waals surface area contributed by atoms with Crippen molar-refractivity contribution in [2.75, 3.05) is 14.2 Å². The van der Waals surface area contributed by atoms with Crippen molar-refractivity contribution in [2.45, 2.75) is 12.3 Å². The van der Waals surface area contributed by atoms with Gasteiger partial charge < -0.3 is 14.2 Å². The zero-order valence-corrected chi connectivity index (χ0v) is 17.1. The number of benzene rings is 3. The molecule has 0 spiro atoms. The minimum Gasteiger partial charge on any atom is -0.497 e. The minimum absolute atomic E-state index is 0.0772. The van der Waals surface area contributed by atoms with E-state index in [1.807, 2.05) is 66.7 Å². The van der Waals surface area contributed by atoms with Gasteiger partial charge in [0, 0.05) is 11.5 Å². The second-order valence-electron chi connectivity index (χ2n) is 7.28. The smallest absolute Gasteiger partial charge is 0.315 e. The van der Waals surface area contributed by atoms with Crippen LogP contribution in [-0.2, 0) is 16.0 Å². The largest absolute Gasteiger partial charge is 0.497 e. The molecular formula is C26H24O4. The second kappa shape index (κ2) is 8.87. The Morgan fingerprint density at radius 3 is 2.00 bits per heavy atom. The minimum atomic E-state index is -0.303. The number of ether oxygens (including phenoxy) is 3. The Kier molecular flexibility index (Phi) is 5.84. The molecule has 0 amide bonds. The predicted molar refractivity (Wildman–Crippen MR) is 116 cm³/mol. The van der Waals surface area contributed by atoms with Crippen LogP contribution in [-0.4, -0.2) is 20.2 Å². The molecule has 2 atom stereocenters. The SMILES string of the molecule is COc1ccc(C[C@@H]2C(=O)OC(c3ccc(OC)cc3)=C[C@@H]2c2ccccc2)cc1. The Hall–Kier alpha value is -3.53. The van der Waals surface area contributed by atoms with Crippen molar-refractivity contribution >= 4 is 11.7 Å². The van der Waals surface area contributed by atoms with E-state index in [1.165, 1.54) is 0 Å². The molecule has 1 aliphatic rings. The fourth-order valence-corrected chi connectivity index (χ4v) is 3.78. The Bertz CT molecular complexity index is 1020. The molecule has 0 aromatic heterocycles. The number of rotatable bonds is 6. The van der Waals surface area contributed by atoms with E-state index in [2.05, 4.69) is 18.2 Å². The molecule has 30 heavy (non-hydrogen) atoms. The highest BCUT2D eigenvalue weighted by atomic mass is 16.5. The maximum atomic E-state index is 13.1. The lowest BCUT2D eigenvalue weighted by Crippen LogP contribution is -2.29. The zero-order chi connectivity index (χ0) is 20.9. The molecule has 4 nitrogen and oxygen atoms in total. The van der Waals surface area contributed by atoms with Gasteiger partial charge >= 0.3 is 5.97 Å². The van der Waals surface area contributed by atoms with Crippen molar-refractivity contribution in [3.05, 3.63) is 102 Å². The first-order valence-electron chi connectivity index (χ1n) is 9.94. The van der Waals surface area contributed by atoms with Crippen LogP contribution in [0, 0.1) is 5.92 Å². The summed E-state index contributed by atoms with van der Waals surface area (Å²) in [4.78, 5) is 13.1. The van der Waals surface area contributed by atoms with Gasteiger partial charge in [-0.2, -0.15) is 0 Å². The van der Waals surface area contributed by atoms with Crippen molar-refractivity contribution in [1.82, 2.24) is 0 Å². The lowest BCUT2D eigenvalue weighted by molar-refractivity contribution is -0.142. The molecule has 4 rings (SSSR count). The van der Waals surface area contributed by atoms with Gasteiger partial charge in [-0.1, -0.05) is 42.5 Å². The van der Waals surface area contributed by atoms with Crippen LogP contribution in [0.2, 0.25) is 0 Å². The molecule has 0 N–H and O–H groups in total. The summed E-state index contributed by atoms with van der Waals surface area (Å²) >= 11 is 0.